The number of carbonyl (C=O) groups excluding carboxylic acids is 4. The van der Waals surface area contributed by atoms with E-state index in [0.717, 1.165) is 36.8 Å². The molecule has 3 N–H and O–H groups in total. The first kappa shape index (κ1) is 29.6. The molecule has 0 spiro atoms. The van der Waals surface area contributed by atoms with Crippen molar-refractivity contribution in [3.63, 3.8) is 0 Å². The molecule has 41 heavy (non-hydrogen) atoms. The van der Waals surface area contributed by atoms with Crippen LogP contribution in [-0.2, 0) is 27.8 Å². The fourth-order valence-corrected chi connectivity index (χ4v) is 4.89. The average molecular weight is 564 g/mol. The van der Waals surface area contributed by atoms with Gasteiger partial charge >= 0.3 is 11.8 Å². The summed E-state index contributed by atoms with van der Waals surface area (Å²) in [6, 6.07) is 11.8. The molecule has 4 amide bonds. The van der Waals surface area contributed by atoms with Gasteiger partial charge in [0.2, 0.25) is 11.8 Å². The standard InChI is InChI=1S/C30H37N5O6/c1-30(2,3)41-28(39)32-21-11-8-10-20(18-21)26(37)31-16-7-5-6-9-19-12-13-22-24(17-19)34(4)29(40)35(22)23-14-15-25(36)33-27(23)38/h8,10-13,17-18,23H,5-7,9,14-16H2,1-4H3,(H,31,37)(H,32,39)(H,33,36,38). The van der Waals surface area contributed by atoms with Crippen LogP contribution >= 0.6 is 0 Å². The number of rotatable bonds is 9. The van der Waals surface area contributed by atoms with Crippen LogP contribution in [0.4, 0.5) is 10.5 Å². The number of piperidine rings is 1. The first-order valence-electron chi connectivity index (χ1n) is 13.8. The molecule has 0 bridgehead atoms. The van der Waals surface area contributed by atoms with Crippen LogP contribution in [0.2, 0.25) is 0 Å². The topological polar surface area (TPSA) is 141 Å². The Bertz CT molecular complexity index is 1530. The molecule has 1 atom stereocenters. The summed E-state index contributed by atoms with van der Waals surface area (Å²) in [7, 11) is 1.68. The molecule has 0 saturated carbocycles. The number of hydrogen-bond donors (Lipinski definition) is 3. The van der Waals surface area contributed by atoms with Gasteiger partial charge in [0, 0.05) is 31.3 Å². The molecule has 2 aromatic carbocycles. The van der Waals surface area contributed by atoms with Crippen molar-refractivity contribution in [2.24, 2.45) is 7.05 Å². The highest BCUT2D eigenvalue weighted by atomic mass is 16.6. The fraction of sp³-hybridized carbons (Fsp3) is 0.433. The number of aryl methyl sites for hydroxylation is 2. The van der Waals surface area contributed by atoms with Gasteiger partial charge in [-0.15, -0.1) is 0 Å². The van der Waals surface area contributed by atoms with Crippen molar-refractivity contribution in [1.29, 1.82) is 0 Å². The summed E-state index contributed by atoms with van der Waals surface area (Å²) in [5.74, 6) is -0.981. The zero-order valence-corrected chi connectivity index (χ0v) is 23.9. The fourth-order valence-electron chi connectivity index (χ4n) is 4.89. The van der Waals surface area contributed by atoms with Crippen molar-refractivity contribution >= 4 is 40.5 Å². The molecule has 0 radical (unpaired) electrons. The second-order valence-electron chi connectivity index (χ2n) is 11.3. The maximum absolute atomic E-state index is 12.9. The summed E-state index contributed by atoms with van der Waals surface area (Å²) in [6.45, 7) is 5.86. The Morgan fingerprint density at radius 1 is 1.02 bits per heavy atom. The first-order valence-corrected chi connectivity index (χ1v) is 13.8. The number of anilines is 1. The molecule has 1 fully saturated rings. The van der Waals surface area contributed by atoms with Crippen molar-refractivity contribution in [3.8, 4) is 0 Å². The summed E-state index contributed by atoms with van der Waals surface area (Å²) in [6.07, 6.45) is 3.33. The normalized spacial score (nSPS) is 15.5. The van der Waals surface area contributed by atoms with E-state index in [1.807, 2.05) is 18.2 Å². The molecule has 218 valence electrons. The minimum Gasteiger partial charge on any atom is -0.444 e. The molecule has 2 heterocycles. The molecule has 0 aliphatic carbocycles. The zero-order valence-electron chi connectivity index (χ0n) is 23.9. The third kappa shape index (κ3) is 7.41. The lowest BCUT2D eigenvalue weighted by Gasteiger charge is -2.21. The summed E-state index contributed by atoms with van der Waals surface area (Å²) in [5, 5.41) is 7.88. The maximum Gasteiger partial charge on any atom is 0.412 e. The largest absolute Gasteiger partial charge is 0.444 e. The number of aromatic nitrogens is 2. The predicted molar refractivity (Wildman–Crippen MR) is 155 cm³/mol. The molecule has 1 unspecified atom stereocenters. The molecule has 3 aromatic rings. The minimum atomic E-state index is -0.700. The van der Waals surface area contributed by atoms with E-state index in [2.05, 4.69) is 16.0 Å². The van der Waals surface area contributed by atoms with Gasteiger partial charge in [0.15, 0.2) is 0 Å². The molecule has 1 aliphatic heterocycles. The summed E-state index contributed by atoms with van der Waals surface area (Å²) in [4.78, 5) is 61.4. The van der Waals surface area contributed by atoms with Crippen molar-refractivity contribution in [2.45, 2.75) is 70.9 Å². The maximum atomic E-state index is 12.9. The minimum absolute atomic E-state index is 0.204. The number of nitrogens with zero attached hydrogens (tertiary/aromatic N) is 2. The number of unbranched alkanes of at least 4 members (excludes halogenated alkanes) is 2. The second-order valence-corrected chi connectivity index (χ2v) is 11.3. The van der Waals surface area contributed by atoms with Gasteiger partial charge in [-0.05, 0) is 82.3 Å². The lowest BCUT2D eigenvalue weighted by atomic mass is 10.0. The van der Waals surface area contributed by atoms with Crippen LogP contribution in [-0.4, -0.2) is 45.1 Å². The zero-order chi connectivity index (χ0) is 29.7. The quantitative estimate of drug-likeness (QED) is 0.267. The van der Waals surface area contributed by atoms with E-state index < -0.39 is 23.6 Å². The summed E-state index contributed by atoms with van der Waals surface area (Å²) >= 11 is 0. The van der Waals surface area contributed by atoms with E-state index >= 15 is 0 Å². The number of ether oxygens (including phenoxy) is 1. The second kappa shape index (κ2) is 12.4. The Balaban J connectivity index is 1.25. The Labute approximate surface area is 238 Å². The van der Waals surface area contributed by atoms with Crippen LogP contribution in [0.25, 0.3) is 11.0 Å². The molecular formula is C30H37N5O6. The van der Waals surface area contributed by atoms with Gasteiger partial charge in [-0.25, -0.2) is 9.59 Å². The molecular weight excluding hydrogens is 526 g/mol. The van der Waals surface area contributed by atoms with E-state index in [-0.39, 0.29) is 23.9 Å². The number of imidazole rings is 1. The number of amides is 4. The van der Waals surface area contributed by atoms with E-state index in [1.165, 1.54) is 9.13 Å². The SMILES string of the molecule is Cn1c(=O)n(C2CCC(=O)NC2=O)c2ccc(CCCCCNC(=O)c3cccc(NC(=O)OC(C)(C)C)c3)cc21. The molecule has 4 rings (SSSR count). The Hall–Kier alpha value is -4.41. The Morgan fingerprint density at radius 3 is 2.54 bits per heavy atom. The van der Waals surface area contributed by atoms with Crippen LogP contribution in [0.1, 0.15) is 74.8 Å². The lowest BCUT2D eigenvalue weighted by molar-refractivity contribution is -0.135. The Kier molecular flexibility index (Phi) is 8.95. The number of fused-ring (bicyclic) bond motifs is 1. The molecule has 1 aliphatic rings. The van der Waals surface area contributed by atoms with Gasteiger partial charge < -0.3 is 10.1 Å². The van der Waals surface area contributed by atoms with Crippen molar-refractivity contribution in [3.05, 3.63) is 64.1 Å². The van der Waals surface area contributed by atoms with Gasteiger partial charge in [0.05, 0.1) is 11.0 Å². The monoisotopic (exact) mass is 563 g/mol. The number of hydrogen-bond acceptors (Lipinski definition) is 6. The highest BCUT2D eigenvalue weighted by Gasteiger charge is 2.31. The van der Waals surface area contributed by atoms with Gasteiger partial charge in [0.1, 0.15) is 11.6 Å². The Morgan fingerprint density at radius 2 is 1.80 bits per heavy atom. The summed E-state index contributed by atoms with van der Waals surface area (Å²) in [5.41, 5.74) is 2.51. The smallest absolute Gasteiger partial charge is 0.412 e. The van der Waals surface area contributed by atoms with Crippen molar-refractivity contribution in [2.75, 3.05) is 11.9 Å². The number of nitrogens with one attached hydrogen (secondary N) is 3. The molecule has 11 nitrogen and oxygen atoms in total. The highest BCUT2D eigenvalue weighted by molar-refractivity contribution is 6.00. The van der Waals surface area contributed by atoms with Crippen LogP contribution in [0.15, 0.2) is 47.3 Å². The van der Waals surface area contributed by atoms with Gasteiger partial charge in [0.25, 0.3) is 5.91 Å². The molecule has 1 aromatic heterocycles. The number of benzene rings is 2. The van der Waals surface area contributed by atoms with Crippen LogP contribution < -0.4 is 21.6 Å². The van der Waals surface area contributed by atoms with Crippen molar-refractivity contribution in [1.82, 2.24) is 19.8 Å². The number of imide groups is 1. The van der Waals surface area contributed by atoms with E-state index in [0.29, 0.717) is 29.7 Å². The van der Waals surface area contributed by atoms with Crippen LogP contribution in [0.3, 0.4) is 0 Å². The lowest BCUT2D eigenvalue weighted by Crippen LogP contribution is -2.44. The van der Waals surface area contributed by atoms with Crippen LogP contribution in [0, 0.1) is 0 Å². The number of carbonyl (C=O) groups is 4. The predicted octanol–water partition coefficient (Wildman–Crippen LogP) is 3.81. The van der Waals surface area contributed by atoms with Gasteiger partial charge in [-0.1, -0.05) is 18.6 Å². The summed E-state index contributed by atoms with van der Waals surface area (Å²) < 4.78 is 8.27. The molecule has 11 heteroatoms. The third-order valence-electron chi connectivity index (χ3n) is 6.87. The van der Waals surface area contributed by atoms with E-state index in [9.17, 15) is 24.0 Å². The van der Waals surface area contributed by atoms with E-state index in [4.69, 9.17) is 4.74 Å². The first-order chi connectivity index (χ1) is 19.4. The van der Waals surface area contributed by atoms with Gasteiger partial charge in [-0.2, -0.15) is 0 Å². The average Bonchev–Trinajstić information content (AvgIpc) is 3.14. The van der Waals surface area contributed by atoms with Crippen LogP contribution in [0.5, 0.6) is 0 Å². The van der Waals surface area contributed by atoms with Crippen molar-refractivity contribution < 1.29 is 23.9 Å². The van der Waals surface area contributed by atoms with E-state index in [1.54, 1.807) is 52.1 Å². The highest BCUT2D eigenvalue weighted by Crippen LogP contribution is 2.24. The third-order valence-corrected chi connectivity index (χ3v) is 6.87. The van der Waals surface area contributed by atoms with Gasteiger partial charge in [-0.3, -0.25) is 34.2 Å². The molecule has 1 saturated heterocycles.